The summed E-state index contributed by atoms with van der Waals surface area (Å²) in [4.78, 5) is 14.7. The number of thiazole rings is 1. The molecule has 0 bridgehead atoms. The third kappa shape index (κ3) is 4.16. The van der Waals surface area contributed by atoms with Crippen molar-refractivity contribution >= 4 is 28.4 Å². The van der Waals surface area contributed by atoms with Crippen LogP contribution in [0.1, 0.15) is 16.1 Å². The SMILES string of the molecule is Cc1ccc(N/N=C(/C#N)c2nc(-c3ccc([N+](=O)[O-])cc3)cs2)c(C)c1. The van der Waals surface area contributed by atoms with Crippen LogP contribution in [0.2, 0.25) is 0 Å². The fourth-order valence-electron chi connectivity index (χ4n) is 2.44. The van der Waals surface area contributed by atoms with Gasteiger partial charge in [-0.25, -0.2) is 4.98 Å². The van der Waals surface area contributed by atoms with Gasteiger partial charge in [0.25, 0.3) is 5.69 Å². The summed E-state index contributed by atoms with van der Waals surface area (Å²) in [6.45, 7) is 3.98. The smallest absolute Gasteiger partial charge is 0.269 e. The van der Waals surface area contributed by atoms with Crippen molar-refractivity contribution in [2.45, 2.75) is 13.8 Å². The Kier molecular flexibility index (Phi) is 5.24. The van der Waals surface area contributed by atoms with Crippen LogP contribution >= 0.6 is 11.3 Å². The maximum Gasteiger partial charge on any atom is 0.269 e. The van der Waals surface area contributed by atoms with Crippen LogP contribution in [0.25, 0.3) is 11.3 Å². The predicted octanol–water partition coefficient (Wildman–Crippen LogP) is 4.67. The minimum Gasteiger partial charge on any atom is -0.277 e. The maximum absolute atomic E-state index is 10.7. The van der Waals surface area contributed by atoms with E-state index < -0.39 is 4.92 Å². The molecule has 8 heteroatoms. The number of hydrogen-bond donors (Lipinski definition) is 1. The Morgan fingerprint density at radius 2 is 2.00 bits per heavy atom. The van der Waals surface area contributed by atoms with Crippen molar-refractivity contribution in [1.29, 1.82) is 5.26 Å². The number of nitriles is 1. The summed E-state index contributed by atoms with van der Waals surface area (Å²) >= 11 is 1.29. The summed E-state index contributed by atoms with van der Waals surface area (Å²) in [6.07, 6.45) is 0. The molecule has 1 heterocycles. The molecule has 1 N–H and O–H groups in total. The van der Waals surface area contributed by atoms with E-state index in [0.29, 0.717) is 10.7 Å². The number of anilines is 1. The zero-order chi connectivity index (χ0) is 19.4. The Morgan fingerprint density at radius 1 is 1.26 bits per heavy atom. The van der Waals surface area contributed by atoms with Gasteiger partial charge in [0.2, 0.25) is 0 Å². The van der Waals surface area contributed by atoms with Crippen molar-refractivity contribution in [1.82, 2.24) is 4.98 Å². The van der Waals surface area contributed by atoms with Crippen LogP contribution in [0.5, 0.6) is 0 Å². The molecule has 0 saturated carbocycles. The van der Waals surface area contributed by atoms with Gasteiger partial charge in [0.05, 0.1) is 16.3 Å². The van der Waals surface area contributed by atoms with Crippen LogP contribution < -0.4 is 5.43 Å². The highest BCUT2D eigenvalue weighted by molar-refractivity contribution is 7.12. The topological polar surface area (TPSA) is 104 Å². The number of nitrogens with zero attached hydrogens (tertiary/aromatic N) is 4. The first-order valence-corrected chi connectivity index (χ1v) is 8.87. The molecular formula is C19H15N5O2S. The standard InChI is InChI=1S/C19H15N5O2S/c1-12-3-8-16(13(2)9-12)22-23-17(10-20)19-21-18(11-27-19)14-4-6-15(7-5-14)24(25)26/h3-9,11,22H,1-2H3/b23-17-. The largest absolute Gasteiger partial charge is 0.277 e. The summed E-state index contributed by atoms with van der Waals surface area (Å²) in [5.41, 5.74) is 7.48. The number of rotatable bonds is 5. The van der Waals surface area contributed by atoms with Crippen molar-refractivity contribution in [3.05, 3.63) is 74.1 Å². The summed E-state index contributed by atoms with van der Waals surface area (Å²) in [5, 5.41) is 26.6. The lowest BCUT2D eigenvalue weighted by molar-refractivity contribution is -0.384. The Morgan fingerprint density at radius 3 is 2.63 bits per heavy atom. The van der Waals surface area contributed by atoms with Crippen molar-refractivity contribution in [3.8, 4) is 17.3 Å². The van der Waals surface area contributed by atoms with Gasteiger partial charge >= 0.3 is 0 Å². The van der Waals surface area contributed by atoms with Gasteiger partial charge in [-0.05, 0) is 37.6 Å². The van der Waals surface area contributed by atoms with Gasteiger partial charge in [-0.3, -0.25) is 15.5 Å². The van der Waals surface area contributed by atoms with Crippen molar-refractivity contribution < 1.29 is 4.92 Å². The number of hydrogen-bond acceptors (Lipinski definition) is 7. The number of nitrogens with one attached hydrogen (secondary N) is 1. The first-order valence-electron chi connectivity index (χ1n) is 7.99. The molecule has 0 fully saturated rings. The second kappa shape index (κ2) is 7.76. The lowest BCUT2D eigenvalue weighted by Gasteiger charge is -2.05. The van der Waals surface area contributed by atoms with E-state index in [4.69, 9.17) is 0 Å². The van der Waals surface area contributed by atoms with Crippen LogP contribution in [0.3, 0.4) is 0 Å². The predicted molar refractivity (Wildman–Crippen MR) is 106 cm³/mol. The molecule has 27 heavy (non-hydrogen) atoms. The van der Waals surface area contributed by atoms with Gasteiger partial charge in [-0.2, -0.15) is 10.4 Å². The van der Waals surface area contributed by atoms with Crippen LogP contribution in [0, 0.1) is 35.3 Å². The minimum absolute atomic E-state index is 0.0196. The molecule has 2 aromatic carbocycles. The van der Waals surface area contributed by atoms with Crippen LogP contribution in [-0.2, 0) is 0 Å². The van der Waals surface area contributed by atoms with E-state index in [1.165, 1.54) is 23.5 Å². The highest BCUT2D eigenvalue weighted by Crippen LogP contribution is 2.25. The molecule has 3 rings (SSSR count). The van der Waals surface area contributed by atoms with E-state index in [-0.39, 0.29) is 11.4 Å². The van der Waals surface area contributed by atoms with E-state index >= 15 is 0 Å². The lowest BCUT2D eigenvalue weighted by Crippen LogP contribution is -2.02. The second-order valence-corrected chi connectivity index (χ2v) is 6.70. The fraction of sp³-hybridized carbons (Fsp3) is 0.105. The number of nitro groups is 1. The van der Waals surface area contributed by atoms with E-state index in [0.717, 1.165) is 22.4 Å². The highest BCUT2D eigenvalue weighted by atomic mass is 32.1. The molecular weight excluding hydrogens is 362 g/mol. The number of benzene rings is 2. The quantitative estimate of drug-likeness (QED) is 0.395. The Labute approximate surface area is 159 Å². The van der Waals surface area contributed by atoms with Crippen molar-refractivity contribution in [2.24, 2.45) is 5.10 Å². The molecule has 7 nitrogen and oxygen atoms in total. The zero-order valence-electron chi connectivity index (χ0n) is 14.6. The molecule has 0 saturated heterocycles. The van der Waals surface area contributed by atoms with Gasteiger partial charge in [0, 0.05) is 23.1 Å². The van der Waals surface area contributed by atoms with E-state index in [1.54, 1.807) is 17.5 Å². The van der Waals surface area contributed by atoms with E-state index in [1.807, 2.05) is 32.0 Å². The highest BCUT2D eigenvalue weighted by Gasteiger charge is 2.12. The number of nitro benzene ring substituents is 1. The molecule has 3 aromatic rings. The second-order valence-electron chi connectivity index (χ2n) is 5.84. The first kappa shape index (κ1) is 18.2. The van der Waals surface area contributed by atoms with Crippen molar-refractivity contribution in [3.63, 3.8) is 0 Å². The molecule has 0 radical (unpaired) electrons. The number of hydrazone groups is 1. The van der Waals surface area contributed by atoms with Crippen LogP contribution in [0.15, 0.2) is 52.9 Å². The minimum atomic E-state index is -0.449. The van der Waals surface area contributed by atoms with Crippen LogP contribution in [-0.4, -0.2) is 15.6 Å². The average Bonchev–Trinajstić information content (AvgIpc) is 3.14. The Hall–Kier alpha value is -3.57. The first-order chi connectivity index (χ1) is 13.0. The molecule has 1 aromatic heterocycles. The summed E-state index contributed by atoms with van der Waals surface area (Å²) in [6, 6.07) is 14.1. The molecule has 0 amide bonds. The third-order valence-electron chi connectivity index (χ3n) is 3.86. The summed E-state index contributed by atoms with van der Waals surface area (Å²) in [5.74, 6) is 0. The van der Waals surface area contributed by atoms with Gasteiger partial charge < -0.3 is 0 Å². The third-order valence-corrected chi connectivity index (χ3v) is 4.71. The van der Waals surface area contributed by atoms with E-state index in [2.05, 4.69) is 21.6 Å². The average molecular weight is 377 g/mol. The fourth-order valence-corrected chi connectivity index (χ4v) is 3.21. The molecule has 0 atom stereocenters. The zero-order valence-corrected chi connectivity index (χ0v) is 15.4. The summed E-state index contributed by atoms with van der Waals surface area (Å²) in [7, 11) is 0. The van der Waals surface area contributed by atoms with Crippen LogP contribution in [0.4, 0.5) is 11.4 Å². The number of aromatic nitrogens is 1. The molecule has 0 aliphatic rings. The number of non-ortho nitro benzene ring substituents is 1. The molecule has 0 unspecified atom stereocenters. The summed E-state index contributed by atoms with van der Waals surface area (Å²) < 4.78 is 0. The molecule has 134 valence electrons. The van der Waals surface area contributed by atoms with E-state index in [9.17, 15) is 15.4 Å². The Bertz CT molecular complexity index is 1060. The molecule has 0 spiro atoms. The normalized spacial score (nSPS) is 11.1. The van der Waals surface area contributed by atoms with Gasteiger partial charge in [0.1, 0.15) is 6.07 Å². The number of aryl methyl sites for hydroxylation is 2. The Balaban J connectivity index is 1.82. The lowest BCUT2D eigenvalue weighted by atomic mass is 10.1. The van der Waals surface area contributed by atoms with Gasteiger partial charge in [-0.15, -0.1) is 11.3 Å². The maximum atomic E-state index is 10.7. The molecule has 0 aliphatic carbocycles. The van der Waals surface area contributed by atoms with Gasteiger partial charge in [-0.1, -0.05) is 17.7 Å². The van der Waals surface area contributed by atoms with Gasteiger partial charge in [0.15, 0.2) is 10.7 Å². The monoisotopic (exact) mass is 377 g/mol. The van der Waals surface area contributed by atoms with Crippen molar-refractivity contribution in [2.75, 3.05) is 5.43 Å². The molecule has 0 aliphatic heterocycles.